The van der Waals surface area contributed by atoms with Gasteiger partial charge in [0.2, 0.25) is 0 Å². The van der Waals surface area contributed by atoms with Crippen molar-refractivity contribution >= 4 is 52.7 Å². The zero-order valence-corrected chi connectivity index (χ0v) is 37.8. The molecule has 4 saturated carbocycles. The van der Waals surface area contributed by atoms with Crippen molar-refractivity contribution in [1.29, 1.82) is 0 Å². The summed E-state index contributed by atoms with van der Waals surface area (Å²) in [5.41, 5.74) is 1.10. The van der Waals surface area contributed by atoms with Crippen LogP contribution in [0.3, 0.4) is 0 Å². The van der Waals surface area contributed by atoms with E-state index in [1.165, 1.54) is 88.5 Å². The molecule has 2 unspecified atom stereocenters. The van der Waals surface area contributed by atoms with Gasteiger partial charge in [0.25, 0.3) is 0 Å². The van der Waals surface area contributed by atoms with Gasteiger partial charge >= 0.3 is 23.9 Å². The number of hydrogen-bond acceptors (Lipinski definition) is 6. The molecule has 4 fully saturated rings. The minimum absolute atomic E-state index is 0.137. The van der Waals surface area contributed by atoms with Crippen molar-refractivity contribution in [3.05, 3.63) is 62.6 Å². The average molecular weight is 884 g/mol. The summed E-state index contributed by atoms with van der Waals surface area (Å²) in [6, 6.07) is 5.56. The fourth-order valence-corrected chi connectivity index (χ4v) is 13.4. The van der Waals surface area contributed by atoms with Gasteiger partial charge in [-0.3, -0.25) is 0 Å². The normalized spacial score (nSPS) is 28.5. The summed E-state index contributed by atoms with van der Waals surface area (Å²) in [6.45, 7) is 10.9. The number of carbonyl (C=O) groups is 4. The van der Waals surface area contributed by atoms with Gasteiger partial charge in [0.05, 0.1) is 10.0 Å². The second-order valence-electron chi connectivity index (χ2n) is 19.7. The Balaban J connectivity index is 1.22. The van der Waals surface area contributed by atoms with Gasteiger partial charge in [-0.15, -0.1) is 0 Å². The topological polar surface area (TPSA) is 168 Å². The molecule has 0 bridgehead atoms. The number of benzene rings is 2. The van der Waals surface area contributed by atoms with Crippen LogP contribution in [0.25, 0.3) is 5.57 Å². The van der Waals surface area contributed by atoms with E-state index in [-0.39, 0.29) is 32.7 Å². The molecule has 4 N–H and O–H groups in total. The quantitative estimate of drug-likeness (QED) is 0.113. The van der Waals surface area contributed by atoms with Gasteiger partial charge in [-0.2, -0.15) is 0 Å². The Morgan fingerprint density at radius 3 is 1.87 bits per heavy atom. The van der Waals surface area contributed by atoms with E-state index in [1.807, 2.05) is 6.08 Å². The number of fused-ring (bicyclic) bond motifs is 5. The van der Waals surface area contributed by atoms with E-state index in [9.17, 15) is 39.6 Å². The number of hydrogen-bond donors (Lipinski definition) is 4. The number of rotatable bonds is 18. The monoisotopic (exact) mass is 882 g/mol. The zero-order chi connectivity index (χ0) is 44.4. The molecule has 0 amide bonds. The molecular formula is C49H64Cl2O10. The summed E-state index contributed by atoms with van der Waals surface area (Å²) < 4.78 is 10.5. The molecule has 0 aromatic heterocycles. The zero-order valence-electron chi connectivity index (χ0n) is 36.3. The van der Waals surface area contributed by atoms with Gasteiger partial charge in [-0.1, -0.05) is 83.2 Å². The Labute approximate surface area is 370 Å². The number of carboxylic acid groups (broad SMARTS) is 4. The molecule has 2 aromatic rings. The maximum atomic E-state index is 12.4. The van der Waals surface area contributed by atoms with Gasteiger partial charge in [0.1, 0.15) is 11.1 Å². The highest BCUT2D eigenvalue weighted by atomic mass is 35.5. The van der Waals surface area contributed by atoms with Crippen molar-refractivity contribution in [2.45, 2.75) is 125 Å². The summed E-state index contributed by atoms with van der Waals surface area (Å²) in [5, 5.41) is 38.4. The molecule has 10 nitrogen and oxygen atoms in total. The van der Waals surface area contributed by atoms with E-state index >= 15 is 0 Å². The molecule has 6 rings (SSSR count). The minimum Gasteiger partial charge on any atom is -0.479 e. The van der Waals surface area contributed by atoms with E-state index in [1.54, 1.807) is 0 Å². The third kappa shape index (κ3) is 10.1. The number of aliphatic carboxylic acids is 2. The van der Waals surface area contributed by atoms with Crippen LogP contribution in [-0.4, -0.2) is 57.5 Å². The molecule has 0 aliphatic heterocycles. The SMILES string of the molecule is CC(C)CCCC(C)[C@H]1CCC2[C@@H]1CC[C@@H]1[C@@]3(C)CC[C@H](CCC=C(c4cc(Cl)c(OCC(=O)O)c(C(=O)O)c4)c4cc(Cl)c(OCC(=O)O)c(C(=O)O)c4)C[C@@H]3CC[C@@]21C. The van der Waals surface area contributed by atoms with Crippen LogP contribution >= 0.6 is 23.2 Å². The third-order valence-electron chi connectivity index (χ3n) is 15.7. The number of aromatic carboxylic acids is 2. The van der Waals surface area contributed by atoms with Crippen LogP contribution in [0.5, 0.6) is 11.5 Å². The molecule has 0 radical (unpaired) electrons. The van der Waals surface area contributed by atoms with E-state index in [2.05, 4.69) is 34.6 Å². The molecule has 2 aromatic carbocycles. The summed E-state index contributed by atoms with van der Waals surface area (Å²) >= 11 is 13.1. The lowest BCUT2D eigenvalue weighted by molar-refractivity contribution is -0.149. The highest BCUT2D eigenvalue weighted by molar-refractivity contribution is 6.33. The molecule has 0 saturated heterocycles. The summed E-state index contributed by atoms with van der Waals surface area (Å²) in [7, 11) is 0. The van der Waals surface area contributed by atoms with Crippen molar-refractivity contribution in [2.24, 2.45) is 58.2 Å². The molecule has 12 heteroatoms. The molecule has 4 aliphatic carbocycles. The Hall–Kier alpha value is -3.76. The molecule has 0 spiro atoms. The lowest BCUT2D eigenvalue weighted by Gasteiger charge is -2.64. The number of halogens is 2. The van der Waals surface area contributed by atoms with Crippen molar-refractivity contribution in [3.63, 3.8) is 0 Å². The first-order chi connectivity index (χ1) is 28.8. The summed E-state index contributed by atoms with van der Waals surface area (Å²) in [5.74, 6) is 0.0326. The van der Waals surface area contributed by atoms with Crippen molar-refractivity contribution in [2.75, 3.05) is 13.2 Å². The molecule has 4 aliphatic rings. The van der Waals surface area contributed by atoms with E-state index in [0.717, 1.165) is 54.8 Å². The van der Waals surface area contributed by atoms with Crippen LogP contribution in [0, 0.1) is 58.2 Å². The van der Waals surface area contributed by atoms with Gasteiger partial charge in [0, 0.05) is 0 Å². The van der Waals surface area contributed by atoms with Crippen LogP contribution in [-0.2, 0) is 9.59 Å². The third-order valence-corrected chi connectivity index (χ3v) is 16.3. The smallest absolute Gasteiger partial charge is 0.341 e. The molecule has 61 heavy (non-hydrogen) atoms. The molecule has 0 heterocycles. The van der Waals surface area contributed by atoms with Crippen LogP contribution in [0.1, 0.15) is 156 Å². The van der Waals surface area contributed by atoms with E-state index < -0.39 is 37.1 Å². The lowest BCUT2D eigenvalue weighted by atomic mass is 9.41. The number of ether oxygens (including phenoxy) is 2. The Morgan fingerprint density at radius 1 is 0.754 bits per heavy atom. The van der Waals surface area contributed by atoms with Crippen LogP contribution < -0.4 is 9.47 Å². The summed E-state index contributed by atoms with van der Waals surface area (Å²) in [4.78, 5) is 47.4. The first-order valence-corrected chi connectivity index (χ1v) is 23.1. The average Bonchev–Trinajstić information content (AvgIpc) is 3.63. The second-order valence-corrected chi connectivity index (χ2v) is 20.5. The maximum Gasteiger partial charge on any atom is 0.341 e. The standard InChI is InChI=1S/C49H64Cl2O10/c1-27(2)8-6-9-28(3)33-12-14-38-35(33)13-15-41-48(4)18-16-29(20-32(48)17-19-49(38,41)5)10-7-11-34(30-21-36(46(56)57)44(39(50)23-30)60-25-42(52)53)31-22-37(47(58)59)45(40(51)24-31)61-26-43(54)55/h11,21-24,27-29,32-33,35,38,41H,6-10,12-20,25-26H2,1-5H3,(H,52,53)(H,54,55)(H,56,57)(H,58,59)/t28?,29-,32-,33+,35+,38?,41+,48-,49-/m0/s1. The first-order valence-electron chi connectivity index (χ1n) is 22.4. The maximum absolute atomic E-state index is 12.4. The number of allylic oxidation sites excluding steroid dienone is 1. The van der Waals surface area contributed by atoms with Crippen molar-refractivity contribution in [3.8, 4) is 11.5 Å². The number of carboxylic acids is 4. The molecule has 334 valence electrons. The Bertz CT molecular complexity index is 1920. The Kier molecular flexibility index (Phi) is 14.8. The summed E-state index contributed by atoms with van der Waals surface area (Å²) in [6.07, 6.45) is 19.0. The predicted octanol–water partition coefficient (Wildman–Crippen LogP) is 12.3. The minimum atomic E-state index is -1.40. The molecule has 9 atom stereocenters. The molecular weight excluding hydrogens is 819 g/mol. The van der Waals surface area contributed by atoms with Crippen molar-refractivity contribution in [1.82, 2.24) is 0 Å². The van der Waals surface area contributed by atoms with Gasteiger partial charge in [-0.05, 0) is 170 Å². The fraction of sp³-hybridized carbons (Fsp3) is 0.633. The van der Waals surface area contributed by atoms with Gasteiger partial charge < -0.3 is 29.9 Å². The highest BCUT2D eigenvalue weighted by Gasteiger charge is 2.61. The van der Waals surface area contributed by atoms with Crippen molar-refractivity contribution < 1.29 is 49.1 Å². The largest absolute Gasteiger partial charge is 0.479 e. The fourth-order valence-electron chi connectivity index (χ4n) is 12.9. The van der Waals surface area contributed by atoms with Crippen LogP contribution in [0.2, 0.25) is 10.0 Å². The van der Waals surface area contributed by atoms with Gasteiger partial charge in [-0.25, -0.2) is 19.2 Å². The lowest BCUT2D eigenvalue weighted by Crippen LogP contribution is -2.56. The van der Waals surface area contributed by atoms with Crippen LogP contribution in [0.15, 0.2) is 30.3 Å². The van der Waals surface area contributed by atoms with E-state index in [0.29, 0.717) is 45.8 Å². The van der Waals surface area contributed by atoms with Crippen LogP contribution in [0.4, 0.5) is 0 Å². The first kappa shape index (κ1) is 46.7. The second kappa shape index (κ2) is 19.3. The van der Waals surface area contributed by atoms with Gasteiger partial charge in [0.15, 0.2) is 24.7 Å². The Morgan fingerprint density at radius 2 is 1.33 bits per heavy atom. The highest BCUT2D eigenvalue weighted by Crippen LogP contribution is 2.70. The predicted molar refractivity (Wildman–Crippen MR) is 236 cm³/mol. The van der Waals surface area contributed by atoms with E-state index in [4.69, 9.17) is 32.7 Å².